The molecule has 4 rings (SSSR count). The predicted molar refractivity (Wildman–Crippen MR) is 99.5 cm³/mol. The zero-order valence-corrected chi connectivity index (χ0v) is 15.6. The first-order valence-electron chi connectivity index (χ1n) is 9.26. The van der Waals surface area contributed by atoms with Gasteiger partial charge in [0.25, 0.3) is 5.91 Å². The minimum Gasteiger partial charge on any atom is -0.391 e. The number of β-amino-alcohol motifs (C(OH)–C–C–N with tert-alkyl or cyclic N) is 1. The van der Waals surface area contributed by atoms with Gasteiger partial charge in [0.05, 0.1) is 29.3 Å². The van der Waals surface area contributed by atoms with Crippen molar-refractivity contribution >= 4 is 22.9 Å². The molecule has 0 unspecified atom stereocenters. The second-order valence-electron chi connectivity index (χ2n) is 7.53. The van der Waals surface area contributed by atoms with Gasteiger partial charge < -0.3 is 24.2 Å². The summed E-state index contributed by atoms with van der Waals surface area (Å²) in [5.41, 5.74) is 2.45. The van der Waals surface area contributed by atoms with E-state index in [-0.39, 0.29) is 24.2 Å². The maximum absolute atomic E-state index is 12.9. The molecule has 7 nitrogen and oxygen atoms in total. The summed E-state index contributed by atoms with van der Waals surface area (Å²) < 4.78 is 7.75. The summed E-state index contributed by atoms with van der Waals surface area (Å²) in [5, 5.41) is 9.79. The zero-order valence-electron chi connectivity index (χ0n) is 15.6. The van der Waals surface area contributed by atoms with Crippen molar-refractivity contribution in [1.82, 2.24) is 14.5 Å². The van der Waals surface area contributed by atoms with Crippen LogP contribution >= 0.6 is 0 Å². The number of ether oxygens (including phenoxy) is 1. The maximum Gasteiger partial charge on any atom is 0.254 e. The van der Waals surface area contributed by atoms with Gasteiger partial charge in [-0.05, 0) is 38.5 Å². The van der Waals surface area contributed by atoms with Crippen molar-refractivity contribution in [3.63, 3.8) is 0 Å². The van der Waals surface area contributed by atoms with Crippen LogP contribution < -0.4 is 4.90 Å². The molecule has 1 amide bonds. The highest BCUT2D eigenvalue weighted by molar-refractivity contribution is 5.97. The molecule has 1 aromatic carbocycles. The summed E-state index contributed by atoms with van der Waals surface area (Å²) in [4.78, 5) is 21.6. The van der Waals surface area contributed by atoms with Crippen LogP contribution in [-0.4, -0.2) is 70.0 Å². The monoisotopic (exact) mass is 358 g/mol. The number of anilines is 1. The standard InChI is InChI=1S/C19H26N4O3/c1-12-9-23(10-13(2)26-12)18(25)14-4-5-17-16(8-14)20-19(21(17)3)22-7-6-15(24)11-22/h4-5,8,12-13,15,24H,6-7,9-11H2,1-3H3/t12-,13+,15-/m0/s1. The average Bonchev–Trinajstić information content (AvgIpc) is 3.16. The van der Waals surface area contributed by atoms with E-state index in [2.05, 4.69) is 4.90 Å². The summed E-state index contributed by atoms with van der Waals surface area (Å²) >= 11 is 0. The van der Waals surface area contributed by atoms with Crippen LogP contribution in [-0.2, 0) is 11.8 Å². The molecule has 7 heteroatoms. The van der Waals surface area contributed by atoms with E-state index < -0.39 is 0 Å². The molecule has 2 saturated heterocycles. The van der Waals surface area contributed by atoms with Crippen LogP contribution in [0.25, 0.3) is 11.0 Å². The summed E-state index contributed by atoms with van der Waals surface area (Å²) in [6.07, 6.45) is 0.571. The van der Waals surface area contributed by atoms with Crippen molar-refractivity contribution in [2.45, 2.75) is 38.6 Å². The van der Waals surface area contributed by atoms with Gasteiger partial charge in [-0.2, -0.15) is 0 Å². The van der Waals surface area contributed by atoms with Crippen LogP contribution in [0.4, 0.5) is 5.95 Å². The van der Waals surface area contributed by atoms with Crippen LogP contribution in [0.15, 0.2) is 18.2 Å². The van der Waals surface area contributed by atoms with E-state index in [1.807, 2.05) is 48.6 Å². The highest BCUT2D eigenvalue weighted by atomic mass is 16.5. The molecule has 2 fully saturated rings. The Bertz CT molecular complexity index is 824. The van der Waals surface area contributed by atoms with Crippen LogP contribution in [0.1, 0.15) is 30.6 Å². The van der Waals surface area contributed by atoms with Crippen molar-refractivity contribution < 1.29 is 14.6 Å². The Kier molecular flexibility index (Phi) is 4.36. The zero-order chi connectivity index (χ0) is 18.4. The van der Waals surface area contributed by atoms with Gasteiger partial charge in [0.2, 0.25) is 5.95 Å². The third-order valence-corrected chi connectivity index (χ3v) is 5.26. The number of aliphatic hydroxyl groups excluding tert-OH is 1. The van der Waals surface area contributed by atoms with Gasteiger partial charge in [-0.15, -0.1) is 0 Å². The molecule has 1 aromatic heterocycles. The summed E-state index contributed by atoms with van der Waals surface area (Å²) in [5.74, 6) is 0.868. The molecule has 3 atom stereocenters. The number of nitrogens with zero attached hydrogens (tertiary/aromatic N) is 4. The van der Waals surface area contributed by atoms with Gasteiger partial charge in [0.1, 0.15) is 0 Å². The summed E-state index contributed by atoms with van der Waals surface area (Å²) in [6.45, 7) is 6.62. The minimum atomic E-state index is -0.294. The number of amides is 1. The highest BCUT2D eigenvalue weighted by Crippen LogP contribution is 2.26. The van der Waals surface area contributed by atoms with E-state index >= 15 is 0 Å². The van der Waals surface area contributed by atoms with Crippen LogP contribution in [0.5, 0.6) is 0 Å². The number of aliphatic hydroxyl groups is 1. The number of aryl methyl sites for hydroxylation is 1. The molecule has 0 spiro atoms. The molecule has 2 aliphatic rings. The topological polar surface area (TPSA) is 70.8 Å². The Labute approximate surface area is 153 Å². The lowest BCUT2D eigenvalue weighted by molar-refractivity contribution is -0.0586. The number of carbonyl (C=O) groups excluding carboxylic acids is 1. The maximum atomic E-state index is 12.9. The van der Waals surface area contributed by atoms with Gasteiger partial charge in [-0.3, -0.25) is 4.79 Å². The van der Waals surface area contributed by atoms with Gasteiger partial charge in [0, 0.05) is 38.8 Å². The number of fused-ring (bicyclic) bond motifs is 1. The Balaban J connectivity index is 1.62. The molecule has 0 saturated carbocycles. The normalized spacial score (nSPS) is 26.7. The Morgan fingerprint density at radius 2 is 1.96 bits per heavy atom. The number of carbonyl (C=O) groups is 1. The van der Waals surface area contributed by atoms with E-state index in [1.54, 1.807) is 0 Å². The van der Waals surface area contributed by atoms with E-state index in [1.165, 1.54) is 0 Å². The fourth-order valence-corrected chi connectivity index (χ4v) is 4.05. The fraction of sp³-hybridized carbons (Fsp3) is 0.579. The third-order valence-electron chi connectivity index (χ3n) is 5.26. The van der Waals surface area contributed by atoms with Crippen LogP contribution in [0.2, 0.25) is 0 Å². The lowest BCUT2D eigenvalue weighted by atomic mass is 10.1. The van der Waals surface area contributed by atoms with Crippen molar-refractivity contribution in [3.8, 4) is 0 Å². The van der Waals surface area contributed by atoms with E-state index in [0.29, 0.717) is 25.2 Å². The van der Waals surface area contributed by atoms with Crippen molar-refractivity contribution in [1.29, 1.82) is 0 Å². The summed E-state index contributed by atoms with van der Waals surface area (Å²) in [6, 6.07) is 5.71. The molecule has 0 bridgehead atoms. The molecule has 0 aliphatic carbocycles. The number of hydrogen-bond donors (Lipinski definition) is 1. The van der Waals surface area contributed by atoms with Crippen molar-refractivity contribution in [2.75, 3.05) is 31.1 Å². The van der Waals surface area contributed by atoms with E-state index in [9.17, 15) is 9.90 Å². The largest absolute Gasteiger partial charge is 0.391 e. The lowest BCUT2D eigenvalue weighted by Crippen LogP contribution is -2.48. The smallest absolute Gasteiger partial charge is 0.254 e. The number of imidazole rings is 1. The quantitative estimate of drug-likeness (QED) is 0.879. The second kappa shape index (κ2) is 6.55. The number of hydrogen-bond acceptors (Lipinski definition) is 5. The van der Waals surface area contributed by atoms with Crippen molar-refractivity contribution in [3.05, 3.63) is 23.8 Å². The fourth-order valence-electron chi connectivity index (χ4n) is 4.05. The Hall–Kier alpha value is -2.12. The van der Waals surface area contributed by atoms with Crippen molar-refractivity contribution in [2.24, 2.45) is 7.05 Å². The Morgan fingerprint density at radius 3 is 2.62 bits per heavy atom. The van der Waals surface area contributed by atoms with E-state index in [0.717, 1.165) is 29.9 Å². The van der Waals surface area contributed by atoms with Gasteiger partial charge in [-0.1, -0.05) is 0 Å². The lowest BCUT2D eigenvalue weighted by Gasteiger charge is -2.35. The summed E-state index contributed by atoms with van der Waals surface area (Å²) in [7, 11) is 1.97. The van der Waals surface area contributed by atoms with Crippen LogP contribution in [0, 0.1) is 0 Å². The number of benzene rings is 1. The minimum absolute atomic E-state index is 0.0256. The average molecular weight is 358 g/mol. The van der Waals surface area contributed by atoms with Gasteiger partial charge >= 0.3 is 0 Å². The van der Waals surface area contributed by atoms with Crippen LogP contribution in [0.3, 0.4) is 0 Å². The molecule has 3 heterocycles. The Morgan fingerprint density at radius 1 is 1.23 bits per heavy atom. The predicted octanol–water partition coefficient (Wildman–Crippen LogP) is 1.39. The molecule has 1 N–H and O–H groups in total. The molecule has 0 radical (unpaired) electrons. The molecule has 26 heavy (non-hydrogen) atoms. The SMILES string of the molecule is C[C@@H]1CN(C(=O)c2ccc3c(c2)nc(N2CC[C@H](O)C2)n3C)C[C@H](C)O1. The number of aromatic nitrogens is 2. The second-order valence-corrected chi connectivity index (χ2v) is 7.53. The third kappa shape index (κ3) is 3.05. The molecule has 2 aliphatic heterocycles. The number of rotatable bonds is 2. The first-order valence-corrected chi connectivity index (χ1v) is 9.26. The molecule has 2 aromatic rings. The molecular formula is C19H26N4O3. The molecule has 140 valence electrons. The van der Waals surface area contributed by atoms with E-state index in [4.69, 9.17) is 9.72 Å². The first kappa shape index (κ1) is 17.3. The number of morpholine rings is 1. The molecular weight excluding hydrogens is 332 g/mol. The first-order chi connectivity index (χ1) is 12.4. The highest BCUT2D eigenvalue weighted by Gasteiger charge is 2.28. The van der Waals surface area contributed by atoms with Gasteiger partial charge in [0.15, 0.2) is 0 Å². The van der Waals surface area contributed by atoms with Gasteiger partial charge in [-0.25, -0.2) is 4.98 Å².